The molecule has 3 nitrogen and oxygen atoms in total. The first-order valence-corrected chi connectivity index (χ1v) is 4.72. The molecule has 2 rings (SSSR count). The number of quaternary nitrogens is 1. The van der Waals surface area contributed by atoms with E-state index in [0.717, 1.165) is 10.8 Å². The molecule has 0 saturated carbocycles. The summed E-state index contributed by atoms with van der Waals surface area (Å²) >= 11 is 0. The second kappa shape index (κ2) is 3.71. The lowest BCUT2D eigenvalue weighted by Gasteiger charge is -2.12. The second-order valence-electron chi connectivity index (χ2n) is 3.44. The number of carbonyl (C=O) groups excluding carboxylic acids is 1. The summed E-state index contributed by atoms with van der Waals surface area (Å²) < 4.78 is 0. The number of carbonyl (C=O) groups is 1. The van der Waals surface area contributed by atoms with E-state index >= 15 is 0 Å². The van der Waals surface area contributed by atoms with Crippen LogP contribution < -0.4 is 10.8 Å². The van der Waals surface area contributed by atoms with Crippen molar-refractivity contribution in [2.75, 3.05) is 0 Å². The molecule has 0 unspecified atom stereocenters. The Kier molecular flexibility index (Phi) is 2.39. The van der Waals surface area contributed by atoms with Gasteiger partial charge in [0.1, 0.15) is 5.97 Å². The molecule has 0 aliphatic carbocycles. The molecule has 0 bridgehead atoms. The van der Waals surface area contributed by atoms with Crippen LogP contribution in [0.25, 0.3) is 10.8 Å². The van der Waals surface area contributed by atoms with E-state index in [1.807, 2.05) is 36.4 Å². The molecule has 0 aromatic heterocycles. The summed E-state index contributed by atoms with van der Waals surface area (Å²) in [6.45, 7) is 0. The SMILES string of the molecule is [NH3+][C@@H](C(=O)[O-])c1cccc2ccccc12. The molecule has 0 spiro atoms. The average molecular weight is 201 g/mol. The van der Waals surface area contributed by atoms with Gasteiger partial charge in [0.05, 0.1) is 0 Å². The van der Waals surface area contributed by atoms with Crippen molar-refractivity contribution in [2.45, 2.75) is 6.04 Å². The molecule has 3 heteroatoms. The van der Waals surface area contributed by atoms with Gasteiger partial charge in [0, 0.05) is 5.56 Å². The topological polar surface area (TPSA) is 67.8 Å². The average Bonchev–Trinajstić information content (AvgIpc) is 2.27. The normalized spacial score (nSPS) is 12.6. The number of aliphatic carboxylic acids is 1. The molecule has 0 saturated heterocycles. The van der Waals surface area contributed by atoms with Crippen molar-refractivity contribution in [2.24, 2.45) is 0 Å². The van der Waals surface area contributed by atoms with Gasteiger partial charge in [0.15, 0.2) is 6.04 Å². The lowest BCUT2D eigenvalue weighted by Crippen LogP contribution is -2.61. The summed E-state index contributed by atoms with van der Waals surface area (Å²) in [7, 11) is 0. The Morgan fingerprint density at radius 3 is 2.53 bits per heavy atom. The Morgan fingerprint density at radius 1 is 1.13 bits per heavy atom. The summed E-state index contributed by atoms with van der Waals surface area (Å²) in [4.78, 5) is 10.8. The zero-order valence-corrected chi connectivity index (χ0v) is 8.14. The highest BCUT2D eigenvalue weighted by Crippen LogP contribution is 2.21. The highest BCUT2D eigenvalue weighted by Gasteiger charge is 2.13. The fourth-order valence-electron chi connectivity index (χ4n) is 1.68. The van der Waals surface area contributed by atoms with E-state index in [0.29, 0.717) is 5.56 Å². The Bertz CT molecular complexity index is 502. The van der Waals surface area contributed by atoms with Gasteiger partial charge >= 0.3 is 0 Å². The van der Waals surface area contributed by atoms with Crippen LogP contribution >= 0.6 is 0 Å². The first kappa shape index (κ1) is 9.68. The Hall–Kier alpha value is -1.87. The maximum atomic E-state index is 10.8. The zero-order valence-electron chi connectivity index (χ0n) is 8.14. The van der Waals surface area contributed by atoms with E-state index in [-0.39, 0.29) is 0 Å². The third-order valence-corrected chi connectivity index (χ3v) is 2.48. The van der Waals surface area contributed by atoms with Crippen LogP contribution in [-0.4, -0.2) is 5.97 Å². The van der Waals surface area contributed by atoms with Crippen molar-refractivity contribution in [1.82, 2.24) is 0 Å². The van der Waals surface area contributed by atoms with Gasteiger partial charge < -0.3 is 15.6 Å². The molecular weight excluding hydrogens is 190 g/mol. The maximum absolute atomic E-state index is 10.8. The molecule has 1 atom stereocenters. The minimum absolute atomic E-state index is 0.702. The van der Waals surface area contributed by atoms with Crippen molar-refractivity contribution in [3.05, 3.63) is 48.0 Å². The standard InChI is InChI=1S/C12H11NO2/c13-11(12(14)15)10-7-3-5-8-4-1-2-6-9(8)10/h1-7,11H,13H2,(H,14,15)/t11-/m1/s1. The fraction of sp³-hybridized carbons (Fsp3) is 0.0833. The lowest BCUT2D eigenvalue weighted by atomic mass is 9.99. The van der Waals surface area contributed by atoms with Crippen molar-refractivity contribution in [3.8, 4) is 0 Å². The molecule has 0 fully saturated rings. The van der Waals surface area contributed by atoms with Crippen LogP contribution in [0.1, 0.15) is 11.6 Å². The molecule has 3 N–H and O–H groups in total. The smallest absolute Gasteiger partial charge is 0.151 e. The molecule has 0 aliphatic rings. The summed E-state index contributed by atoms with van der Waals surface area (Å²) in [6.07, 6.45) is 0. The van der Waals surface area contributed by atoms with Gasteiger partial charge in [-0.05, 0) is 10.8 Å². The highest BCUT2D eigenvalue weighted by atomic mass is 16.4. The van der Waals surface area contributed by atoms with Crippen molar-refractivity contribution < 1.29 is 15.6 Å². The third-order valence-electron chi connectivity index (χ3n) is 2.48. The largest absolute Gasteiger partial charge is 0.544 e. The number of benzene rings is 2. The van der Waals surface area contributed by atoms with Gasteiger partial charge in [-0.2, -0.15) is 0 Å². The maximum Gasteiger partial charge on any atom is 0.151 e. The number of rotatable bonds is 2. The predicted octanol–water partition coefficient (Wildman–Crippen LogP) is -0.127. The third kappa shape index (κ3) is 1.69. The van der Waals surface area contributed by atoms with Gasteiger partial charge in [-0.1, -0.05) is 42.5 Å². The Balaban J connectivity index is 2.65. The van der Waals surface area contributed by atoms with Crippen LogP contribution in [0.5, 0.6) is 0 Å². The van der Waals surface area contributed by atoms with Gasteiger partial charge in [-0.3, -0.25) is 0 Å². The molecule has 0 aliphatic heterocycles. The minimum atomic E-state index is -1.15. The van der Waals surface area contributed by atoms with Crippen LogP contribution in [0.2, 0.25) is 0 Å². The quantitative estimate of drug-likeness (QED) is 0.735. The van der Waals surface area contributed by atoms with E-state index < -0.39 is 12.0 Å². The first-order chi connectivity index (χ1) is 7.20. The highest BCUT2D eigenvalue weighted by molar-refractivity contribution is 5.89. The van der Waals surface area contributed by atoms with Crippen LogP contribution in [0.15, 0.2) is 42.5 Å². The van der Waals surface area contributed by atoms with Crippen LogP contribution in [-0.2, 0) is 4.79 Å². The summed E-state index contributed by atoms with van der Waals surface area (Å²) in [6, 6.07) is 12.4. The molecule has 76 valence electrons. The fourth-order valence-corrected chi connectivity index (χ4v) is 1.68. The molecule has 2 aromatic rings. The zero-order chi connectivity index (χ0) is 10.8. The van der Waals surface area contributed by atoms with E-state index in [4.69, 9.17) is 0 Å². The Morgan fingerprint density at radius 2 is 1.80 bits per heavy atom. The van der Waals surface area contributed by atoms with E-state index in [1.54, 1.807) is 6.07 Å². The van der Waals surface area contributed by atoms with Gasteiger partial charge in [-0.25, -0.2) is 0 Å². The molecular formula is C12H11NO2. The van der Waals surface area contributed by atoms with Crippen molar-refractivity contribution in [3.63, 3.8) is 0 Å². The number of hydrogen-bond donors (Lipinski definition) is 1. The van der Waals surface area contributed by atoms with E-state index in [9.17, 15) is 9.90 Å². The monoisotopic (exact) mass is 201 g/mol. The number of fused-ring (bicyclic) bond motifs is 1. The summed E-state index contributed by atoms with van der Waals surface area (Å²) in [5.74, 6) is -1.15. The molecule has 0 amide bonds. The van der Waals surface area contributed by atoms with Crippen molar-refractivity contribution >= 4 is 16.7 Å². The Labute approximate surface area is 87.1 Å². The number of carboxylic acid groups (broad SMARTS) is 1. The van der Waals surface area contributed by atoms with Crippen molar-refractivity contribution in [1.29, 1.82) is 0 Å². The van der Waals surface area contributed by atoms with Gasteiger partial charge in [0.25, 0.3) is 0 Å². The second-order valence-corrected chi connectivity index (χ2v) is 3.44. The van der Waals surface area contributed by atoms with Gasteiger partial charge in [-0.15, -0.1) is 0 Å². The van der Waals surface area contributed by atoms with Crippen LogP contribution in [0.4, 0.5) is 0 Å². The summed E-state index contributed by atoms with van der Waals surface area (Å²) in [5, 5.41) is 12.7. The molecule has 0 heterocycles. The van der Waals surface area contributed by atoms with E-state index in [1.165, 1.54) is 0 Å². The lowest BCUT2D eigenvalue weighted by molar-refractivity contribution is -0.442. The molecule has 15 heavy (non-hydrogen) atoms. The number of carboxylic acids is 1. The molecule has 0 radical (unpaired) electrons. The first-order valence-electron chi connectivity index (χ1n) is 4.72. The number of hydrogen-bond acceptors (Lipinski definition) is 2. The van der Waals surface area contributed by atoms with E-state index in [2.05, 4.69) is 5.73 Å². The predicted molar refractivity (Wildman–Crippen MR) is 54.6 cm³/mol. The van der Waals surface area contributed by atoms with Gasteiger partial charge in [0.2, 0.25) is 0 Å². The summed E-state index contributed by atoms with van der Waals surface area (Å²) in [5.41, 5.74) is 4.30. The molecule has 2 aromatic carbocycles. The minimum Gasteiger partial charge on any atom is -0.544 e. The van der Waals surface area contributed by atoms with Crippen LogP contribution in [0, 0.1) is 0 Å². The van der Waals surface area contributed by atoms with Crippen LogP contribution in [0.3, 0.4) is 0 Å².